The van der Waals surface area contributed by atoms with Crippen LogP contribution in [0.5, 0.6) is 0 Å². The molecule has 0 spiro atoms. The van der Waals surface area contributed by atoms with E-state index in [0.29, 0.717) is 6.54 Å². The Morgan fingerprint density at radius 2 is 1.85 bits per heavy atom. The zero-order valence-electron chi connectivity index (χ0n) is 15.9. The quantitative estimate of drug-likeness (QED) is 0.389. The monoisotopic (exact) mass is 371 g/mol. The van der Waals surface area contributed by atoms with Crippen LogP contribution in [0.15, 0.2) is 54.6 Å². The molecule has 6 heteroatoms. The maximum Gasteiger partial charge on any atom is 0.315 e. The number of allylic oxidation sites excluding steroid dienone is 1. The van der Waals surface area contributed by atoms with Crippen molar-refractivity contribution in [2.75, 3.05) is 6.54 Å². The Morgan fingerprint density at radius 1 is 1.15 bits per heavy atom. The zero-order valence-corrected chi connectivity index (χ0v) is 15.9. The molecular formula is C21H29N3O3. The summed E-state index contributed by atoms with van der Waals surface area (Å²) in [5.41, 5.74) is 6.17. The highest BCUT2D eigenvalue weighted by Crippen LogP contribution is 2.04. The van der Waals surface area contributed by atoms with Crippen LogP contribution in [0, 0.1) is 0 Å². The van der Waals surface area contributed by atoms with Crippen molar-refractivity contribution in [2.24, 2.45) is 5.73 Å². The van der Waals surface area contributed by atoms with Crippen molar-refractivity contribution in [1.82, 2.24) is 10.6 Å². The van der Waals surface area contributed by atoms with Gasteiger partial charge in [0, 0.05) is 18.5 Å². The molecule has 1 aromatic rings. The topological polar surface area (TPSA) is 101 Å². The van der Waals surface area contributed by atoms with Gasteiger partial charge in [-0.25, -0.2) is 4.79 Å². The molecule has 4 N–H and O–H groups in total. The molecule has 146 valence electrons. The molecule has 0 aliphatic carbocycles. The zero-order chi connectivity index (χ0) is 20.1. The summed E-state index contributed by atoms with van der Waals surface area (Å²) in [5, 5.41) is 5.35. The number of hydrogen-bond donors (Lipinski definition) is 3. The summed E-state index contributed by atoms with van der Waals surface area (Å²) in [7, 11) is 0. The molecule has 1 rings (SSSR count). The highest BCUT2D eigenvalue weighted by Gasteiger charge is 2.17. The van der Waals surface area contributed by atoms with E-state index in [9.17, 15) is 14.4 Å². The smallest absolute Gasteiger partial charge is 0.315 e. The van der Waals surface area contributed by atoms with Gasteiger partial charge in [-0.1, -0.05) is 69.2 Å². The number of rotatable bonds is 12. The van der Waals surface area contributed by atoms with Crippen LogP contribution in [0.3, 0.4) is 0 Å². The molecule has 0 aromatic heterocycles. The second kappa shape index (κ2) is 12.5. The van der Waals surface area contributed by atoms with Crippen LogP contribution in [0.2, 0.25) is 0 Å². The summed E-state index contributed by atoms with van der Waals surface area (Å²) in [5.74, 6) is -0.881. The molecule has 27 heavy (non-hydrogen) atoms. The average Bonchev–Trinajstić information content (AvgIpc) is 2.65. The number of benzene rings is 1. The Hall–Kier alpha value is -2.89. The molecular weight excluding hydrogens is 342 g/mol. The van der Waals surface area contributed by atoms with Gasteiger partial charge in [-0.15, -0.1) is 0 Å². The minimum absolute atomic E-state index is 0.0138. The molecule has 0 saturated heterocycles. The minimum Gasteiger partial charge on any atom is -0.366 e. The molecule has 1 atom stereocenters. The second-order valence-electron chi connectivity index (χ2n) is 6.32. The summed E-state index contributed by atoms with van der Waals surface area (Å²) in [4.78, 5) is 35.5. The van der Waals surface area contributed by atoms with Crippen molar-refractivity contribution in [3.63, 3.8) is 0 Å². The molecule has 0 heterocycles. The third-order valence-corrected chi connectivity index (χ3v) is 3.99. The van der Waals surface area contributed by atoms with Crippen molar-refractivity contribution in [1.29, 1.82) is 0 Å². The first-order chi connectivity index (χ1) is 12.9. The molecule has 6 nitrogen and oxygen atoms in total. The molecule has 0 unspecified atom stereocenters. The highest BCUT2D eigenvalue weighted by atomic mass is 16.2. The molecule has 0 bridgehead atoms. The summed E-state index contributed by atoms with van der Waals surface area (Å²) in [6, 6.07) is 8.04. The number of primary amides is 1. The Bertz CT molecular complexity index is 669. The Morgan fingerprint density at radius 3 is 2.48 bits per heavy atom. The molecule has 0 aliphatic rings. The Balaban J connectivity index is 2.60. The maximum atomic E-state index is 12.1. The second-order valence-corrected chi connectivity index (χ2v) is 6.32. The summed E-state index contributed by atoms with van der Waals surface area (Å²) >= 11 is 0. The predicted molar refractivity (Wildman–Crippen MR) is 107 cm³/mol. The van der Waals surface area contributed by atoms with Crippen LogP contribution >= 0.6 is 0 Å². The van der Waals surface area contributed by atoms with Crippen LogP contribution < -0.4 is 16.4 Å². The lowest BCUT2D eigenvalue weighted by Gasteiger charge is -2.16. The first-order valence-electron chi connectivity index (χ1n) is 9.22. The van der Waals surface area contributed by atoms with Gasteiger partial charge in [0.25, 0.3) is 0 Å². The number of nitrogens with two attached hydrogens (primary N) is 1. The molecule has 3 amide bonds. The number of amides is 3. The molecule has 0 fully saturated rings. The van der Waals surface area contributed by atoms with E-state index in [4.69, 9.17) is 5.73 Å². The number of urea groups is 1. The van der Waals surface area contributed by atoms with E-state index in [-0.39, 0.29) is 17.8 Å². The molecule has 0 saturated carbocycles. The lowest BCUT2D eigenvalue weighted by atomic mass is 10.1. The van der Waals surface area contributed by atoms with Crippen LogP contribution in [0.1, 0.15) is 38.2 Å². The van der Waals surface area contributed by atoms with Gasteiger partial charge in [-0.3, -0.25) is 9.59 Å². The minimum atomic E-state index is -0.835. The summed E-state index contributed by atoms with van der Waals surface area (Å²) < 4.78 is 0. The van der Waals surface area contributed by atoms with Crippen LogP contribution in [-0.2, 0) is 16.0 Å². The van der Waals surface area contributed by atoms with Crippen molar-refractivity contribution in [3.8, 4) is 0 Å². The van der Waals surface area contributed by atoms with Gasteiger partial charge in [-0.05, 0) is 18.1 Å². The lowest BCUT2D eigenvalue weighted by molar-refractivity contribution is -0.115. The van der Waals surface area contributed by atoms with Crippen molar-refractivity contribution >= 4 is 17.7 Å². The summed E-state index contributed by atoms with van der Waals surface area (Å²) in [6.45, 7) is 6.27. The fourth-order valence-corrected chi connectivity index (χ4v) is 2.41. The van der Waals surface area contributed by atoms with Crippen LogP contribution in [0.25, 0.3) is 0 Å². The van der Waals surface area contributed by atoms with E-state index in [1.165, 1.54) is 12.2 Å². The predicted octanol–water partition coefficient (Wildman–Crippen LogP) is 2.64. The van der Waals surface area contributed by atoms with Gasteiger partial charge in [0.15, 0.2) is 5.78 Å². The number of carbonyl (C=O) groups is 3. The van der Waals surface area contributed by atoms with E-state index in [1.807, 2.05) is 30.3 Å². The first kappa shape index (κ1) is 22.2. The number of ketones is 1. The average molecular weight is 371 g/mol. The van der Waals surface area contributed by atoms with Crippen LogP contribution in [0.4, 0.5) is 4.79 Å². The van der Waals surface area contributed by atoms with E-state index in [1.54, 1.807) is 0 Å². The van der Waals surface area contributed by atoms with Gasteiger partial charge in [0.2, 0.25) is 5.91 Å². The van der Waals surface area contributed by atoms with Gasteiger partial charge in [-0.2, -0.15) is 0 Å². The van der Waals surface area contributed by atoms with E-state index < -0.39 is 18.0 Å². The Labute approximate surface area is 160 Å². The fraction of sp³-hybridized carbons (Fsp3) is 0.381. The maximum absolute atomic E-state index is 12.1. The number of unbranched alkanes of at least 4 members (excludes halogenated alkanes) is 3. The van der Waals surface area contributed by atoms with Gasteiger partial charge in [0.1, 0.15) is 0 Å². The third kappa shape index (κ3) is 9.39. The summed E-state index contributed by atoms with van der Waals surface area (Å²) in [6.07, 6.45) is 7.18. The van der Waals surface area contributed by atoms with Crippen molar-refractivity contribution in [2.45, 2.75) is 45.1 Å². The highest BCUT2D eigenvalue weighted by molar-refractivity contribution is 5.95. The number of hydrogen-bond acceptors (Lipinski definition) is 3. The van der Waals surface area contributed by atoms with Gasteiger partial charge < -0.3 is 16.4 Å². The normalized spacial score (nSPS) is 11.7. The fourth-order valence-electron chi connectivity index (χ4n) is 2.41. The number of nitrogens with one attached hydrogen (secondary N) is 2. The number of carbonyl (C=O) groups excluding carboxylic acids is 3. The van der Waals surface area contributed by atoms with Gasteiger partial charge >= 0.3 is 6.03 Å². The van der Waals surface area contributed by atoms with Crippen LogP contribution in [-0.4, -0.2) is 30.3 Å². The van der Waals surface area contributed by atoms with E-state index in [2.05, 4.69) is 24.1 Å². The SMILES string of the molecule is C=C(C(N)=O)[C@H](/C=C/C(=O)Cc1ccccc1)NC(=O)NCCCCCC. The molecule has 1 aromatic carbocycles. The molecule has 0 aliphatic heterocycles. The lowest BCUT2D eigenvalue weighted by Crippen LogP contribution is -2.44. The standard InChI is InChI=1S/C21H29N3O3/c1-3-4-5-9-14-23-21(27)24-19(16(2)20(22)26)13-12-18(25)15-17-10-7-6-8-11-17/h6-8,10-13,19H,2-5,9,14-15H2,1H3,(H2,22,26)(H2,23,24,27)/b13-12+/t19-/m0/s1. The largest absolute Gasteiger partial charge is 0.366 e. The van der Waals surface area contributed by atoms with E-state index >= 15 is 0 Å². The van der Waals surface area contributed by atoms with Crippen molar-refractivity contribution < 1.29 is 14.4 Å². The van der Waals surface area contributed by atoms with E-state index in [0.717, 1.165) is 31.2 Å². The third-order valence-electron chi connectivity index (χ3n) is 3.99. The van der Waals surface area contributed by atoms with Crippen molar-refractivity contribution in [3.05, 3.63) is 60.2 Å². The van der Waals surface area contributed by atoms with Gasteiger partial charge in [0.05, 0.1) is 6.04 Å². The first-order valence-corrected chi connectivity index (χ1v) is 9.22. The molecule has 0 radical (unpaired) electrons. The Kier molecular flexibility index (Phi) is 10.2.